The van der Waals surface area contributed by atoms with Gasteiger partial charge in [0.15, 0.2) is 5.82 Å². The highest BCUT2D eigenvalue weighted by atomic mass is 32.1. The second-order valence-electron chi connectivity index (χ2n) is 3.35. The van der Waals surface area contributed by atoms with Crippen molar-refractivity contribution in [1.29, 1.82) is 0 Å². The Labute approximate surface area is 102 Å². The van der Waals surface area contributed by atoms with Crippen LogP contribution in [0.2, 0.25) is 0 Å². The average molecular weight is 243 g/mol. The third-order valence-electron chi connectivity index (χ3n) is 2.31. The van der Waals surface area contributed by atoms with Crippen LogP contribution >= 0.6 is 11.3 Å². The lowest BCUT2D eigenvalue weighted by Gasteiger charge is -2.10. The fraction of sp³-hybridized carbons (Fsp3) is 0. The Morgan fingerprint density at radius 3 is 2.69 bits per heavy atom. The van der Waals surface area contributed by atoms with Gasteiger partial charge in [-0.1, -0.05) is 29.3 Å². The zero-order valence-corrected chi connectivity index (χ0v) is 9.89. The van der Waals surface area contributed by atoms with Gasteiger partial charge in [0.25, 0.3) is 0 Å². The summed E-state index contributed by atoms with van der Waals surface area (Å²) in [6, 6.07) is 11.8. The van der Waals surface area contributed by atoms with E-state index in [2.05, 4.69) is 9.97 Å². The number of benzene rings is 1. The highest BCUT2D eigenvalue weighted by Crippen LogP contribution is 2.24. The van der Waals surface area contributed by atoms with Crippen LogP contribution in [0.25, 0.3) is 21.6 Å². The SMILES string of the molecule is [S-]c1nc(-c2cccs2)nc2ccccc12. The van der Waals surface area contributed by atoms with Gasteiger partial charge in [0.05, 0.1) is 10.4 Å². The zero-order valence-electron chi connectivity index (χ0n) is 8.25. The molecule has 78 valence electrons. The van der Waals surface area contributed by atoms with E-state index in [9.17, 15) is 0 Å². The predicted molar refractivity (Wildman–Crippen MR) is 68.5 cm³/mol. The van der Waals surface area contributed by atoms with Crippen molar-refractivity contribution in [2.24, 2.45) is 0 Å². The average Bonchev–Trinajstić information content (AvgIpc) is 2.82. The summed E-state index contributed by atoms with van der Waals surface area (Å²) in [5.41, 5.74) is 0.908. The lowest BCUT2D eigenvalue weighted by Crippen LogP contribution is -1.91. The number of thiophene rings is 1. The first-order valence-corrected chi connectivity index (χ1v) is 6.11. The van der Waals surface area contributed by atoms with Crippen molar-refractivity contribution in [2.45, 2.75) is 5.03 Å². The zero-order chi connectivity index (χ0) is 11.0. The maximum absolute atomic E-state index is 5.27. The molecule has 0 saturated carbocycles. The van der Waals surface area contributed by atoms with Crippen LogP contribution in [0.3, 0.4) is 0 Å². The fourth-order valence-electron chi connectivity index (χ4n) is 1.56. The molecule has 0 unspecified atom stereocenters. The summed E-state index contributed by atoms with van der Waals surface area (Å²) >= 11 is 6.89. The van der Waals surface area contributed by atoms with E-state index in [-0.39, 0.29) is 0 Å². The van der Waals surface area contributed by atoms with Crippen molar-refractivity contribution in [3.63, 3.8) is 0 Å². The first kappa shape index (κ1) is 9.69. The van der Waals surface area contributed by atoms with Crippen LogP contribution in [0.1, 0.15) is 0 Å². The molecule has 0 saturated heterocycles. The Bertz CT molecular complexity index is 633. The number of rotatable bonds is 1. The molecule has 0 radical (unpaired) electrons. The van der Waals surface area contributed by atoms with Crippen LogP contribution in [-0.2, 0) is 12.6 Å². The van der Waals surface area contributed by atoms with E-state index in [1.54, 1.807) is 11.3 Å². The van der Waals surface area contributed by atoms with Gasteiger partial charge in [0, 0.05) is 0 Å². The molecule has 2 heterocycles. The highest BCUT2D eigenvalue weighted by molar-refractivity contribution is 7.59. The summed E-state index contributed by atoms with van der Waals surface area (Å²) < 4.78 is 0. The third-order valence-corrected chi connectivity index (χ3v) is 3.49. The molecule has 0 amide bonds. The molecule has 1 aromatic carbocycles. The van der Waals surface area contributed by atoms with Gasteiger partial charge in [0.2, 0.25) is 0 Å². The van der Waals surface area contributed by atoms with Gasteiger partial charge in [0.1, 0.15) is 0 Å². The molecule has 2 aromatic heterocycles. The number of hydrogen-bond donors (Lipinski definition) is 0. The Balaban J connectivity index is 2.29. The highest BCUT2D eigenvalue weighted by Gasteiger charge is 2.03. The van der Waals surface area contributed by atoms with E-state index in [1.807, 2.05) is 41.8 Å². The molecule has 0 aliphatic carbocycles. The summed E-state index contributed by atoms with van der Waals surface area (Å²) in [4.78, 5) is 9.92. The number of aromatic nitrogens is 2. The minimum Gasteiger partial charge on any atom is -0.759 e. The smallest absolute Gasteiger partial charge is 0.168 e. The summed E-state index contributed by atoms with van der Waals surface area (Å²) in [5, 5.41) is 3.57. The number of para-hydroxylation sites is 1. The van der Waals surface area contributed by atoms with E-state index in [0.29, 0.717) is 5.03 Å². The van der Waals surface area contributed by atoms with Gasteiger partial charge in [-0.15, -0.1) is 11.3 Å². The van der Waals surface area contributed by atoms with E-state index in [1.165, 1.54) is 0 Å². The summed E-state index contributed by atoms with van der Waals surface area (Å²) in [6.07, 6.45) is 0. The molecular weight excluding hydrogens is 236 g/mol. The quantitative estimate of drug-likeness (QED) is 0.484. The Morgan fingerprint density at radius 1 is 1.00 bits per heavy atom. The predicted octanol–water partition coefficient (Wildman–Crippen LogP) is 3.26. The fourth-order valence-corrected chi connectivity index (χ4v) is 2.48. The molecule has 0 spiro atoms. The van der Waals surface area contributed by atoms with Crippen LogP contribution in [0.4, 0.5) is 0 Å². The third kappa shape index (κ3) is 1.56. The maximum Gasteiger partial charge on any atom is 0.168 e. The molecule has 0 fully saturated rings. The maximum atomic E-state index is 5.27. The molecule has 0 aliphatic heterocycles. The minimum absolute atomic E-state index is 0.619. The lowest BCUT2D eigenvalue weighted by molar-refractivity contribution is 1.12. The van der Waals surface area contributed by atoms with Crippen LogP contribution in [0, 0.1) is 0 Å². The molecule has 0 atom stereocenters. The molecule has 3 rings (SSSR count). The Hall–Kier alpha value is -1.52. The summed E-state index contributed by atoms with van der Waals surface area (Å²) in [6.45, 7) is 0. The number of fused-ring (bicyclic) bond motifs is 1. The second kappa shape index (κ2) is 3.81. The summed E-state index contributed by atoms with van der Waals surface area (Å²) in [7, 11) is 0. The first-order valence-electron chi connectivity index (χ1n) is 4.82. The van der Waals surface area contributed by atoms with Crippen LogP contribution in [-0.4, -0.2) is 9.97 Å². The molecule has 16 heavy (non-hydrogen) atoms. The molecule has 2 nitrogen and oxygen atoms in total. The van der Waals surface area contributed by atoms with Gasteiger partial charge in [-0.25, -0.2) is 4.98 Å². The first-order chi connectivity index (χ1) is 7.84. The normalized spacial score (nSPS) is 10.8. The largest absolute Gasteiger partial charge is 0.759 e. The molecular formula is C12H7N2S2-. The van der Waals surface area contributed by atoms with Gasteiger partial charge in [-0.2, -0.15) is 0 Å². The number of hydrogen-bond acceptors (Lipinski definition) is 4. The van der Waals surface area contributed by atoms with Gasteiger partial charge in [-0.3, -0.25) is 4.98 Å². The van der Waals surface area contributed by atoms with Crippen molar-refractivity contribution in [3.8, 4) is 10.7 Å². The minimum atomic E-state index is 0.619. The summed E-state index contributed by atoms with van der Waals surface area (Å²) in [5.74, 6) is 0.721. The molecule has 3 aromatic rings. The van der Waals surface area contributed by atoms with Crippen molar-refractivity contribution in [1.82, 2.24) is 9.97 Å². The Kier molecular flexibility index (Phi) is 2.31. The van der Waals surface area contributed by atoms with Crippen molar-refractivity contribution < 1.29 is 0 Å². The monoisotopic (exact) mass is 243 g/mol. The van der Waals surface area contributed by atoms with E-state index in [0.717, 1.165) is 21.6 Å². The number of nitrogens with zero attached hydrogens (tertiary/aromatic N) is 2. The van der Waals surface area contributed by atoms with Crippen molar-refractivity contribution in [2.75, 3.05) is 0 Å². The lowest BCUT2D eigenvalue weighted by atomic mass is 10.2. The molecule has 4 heteroatoms. The van der Waals surface area contributed by atoms with Gasteiger partial charge >= 0.3 is 0 Å². The molecule has 0 bridgehead atoms. The van der Waals surface area contributed by atoms with Crippen LogP contribution in [0.15, 0.2) is 46.8 Å². The molecule has 0 aliphatic rings. The standard InChI is InChI=1S/C12H8N2S2/c15-12-8-4-1-2-5-9(8)13-11(14-12)10-6-3-7-16-10/h1-7H,(H,13,14,15)/p-1. The van der Waals surface area contributed by atoms with Crippen LogP contribution < -0.4 is 0 Å². The van der Waals surface area contributed by atoms with E-state index >= 15 is 0 Å². The van der Waals surface area contributed by atoms with Crippen molar-refractivity contribution in [3.05, 3.63) is 41.8 Å². The van der Waals surface area contributed by atoms with Gasteiger partial charge in [-0.05, 0) is 22.9 Å². The second-order valence-corrected chi connectivity index (χ2v) is 4.68. The van der Waals surface area contributed by atoms with Gasteiger partial charge < -0.3 is 12.6 Å². The van der Waals surface area contributed by atoms with E-state index < -0.39 is 0 Å². The Morgan fingerprint density at radius 2 is 1.88 bits per heavy atom. The van der Waals surface area contributed by atoms with Crippen LogP contribution in [0.5, 0.6) is 0 Å². The molecule has 0 N–H and O–H groups in total. The van der Waals surface area contributed by atoms with Crippen molar-refractivity contribution >= 4 is 34.9 Å². The van der Waals surface area contributed by atoms with E-state index in [4.69, 9.17) is 12.6 Å². The topological polar surface area (TPSA) is 25.8 Å².